The first kappa shape index (κ1) is 9.46. The van der Waals surface area contributed by atoms with Gasteiger partial charge >= 0.3 is 0 Å². The molecule has 0 spiro atoms. The molecule has 1 atom stereocenters. The summed E-state index contributed by atoms with van der Waals surface area (Å²) in [6, 6.07) is 4.03. The maximum Gasteiger partial charge on any atom is 0.212 e. The molecule has 0 saturated heterocycles. The first-order valence-corrected chi connectivity index (χ1v) is 5.07. The first-order chi connectivity index (χ1) is 6.81. The van der Waals surface area contributed by atoms with Crippen molar-refractivity contribution in [2.45, 2.75) is 25.3 Å². The van der Waals surface area contributed by atoms with Crippen LogP contribution in [-0.2, 0) is 0 Å². The Kier molecular flexibility index (Phi) is 2.68. The average molecular weight is 192 g/mol. The molecule has 1 heterocycles. The highest BCUT2D eigenvalue weighted by atomic mass is 16.5. The molecule has 1 aliphatic rings. The van der Waals surface area contributed by atoms with Crippen molar-refractivity contribution in [2.24, 2.45) is 11.7 Å². The average Bonchev–Trinajstić information content (AvgIpc) is 2.15. The number of methoxy groups -OCH3 is 1. The summed E-state index contributed by atoms with van der Waals surface area (Å²) in [4.78, 5) is 4.16. The fraction of sp³-hybridized carbons (Fsp3) is 0.545. The maximum absolute atomic E-state index is 6.11. The molecule has 2 N–H and O–H groups in total. The van der Waals surface area contributed by atoms with Crippen LogP contribution in [0, 0.1) is 5.92 Å². The molecule has 1 fully saturated rings. The molecular weight excluding hydrogens is 176 g/mol. The highest BCUT2D eigenvalue weighted by Crippen LogP contribution is 2.35. The number of aromatic nitrogens is 1. The van der Waals surface area contributed by atoms with Gasteiger partial charge in [-0.05, 0) is 24.3 Å². The molecule has 76 valence electrons. The molecule has 0 radical (unpaired) electrons. The standard InChI is InChI=1S/C11H16N2O/c1-14-10-6-5-9(7-13-10)11(12)8-3-2-4-8/h5-8,11H,2-4,12H2,1H3/t11-/m1/s1. The van der Waals surface area contributed by atoms with E-state index in [1.807, 2.05) is 18.3 Å². The van der Waals surface area contributed by atoms with Crippen molar-refractivity contribution < 1.29 is 4.74 Å². The molecule has 0 aromatic carbocycles. The third-order valence-electron chi connectivity index (χ3n) is 3.01. The summed E-state index contributed by atoms with van der Waals surface area (Å²) in [5.41, 5.74) is 7.23. The molecule has 0 unspecified atom stereocenters. The smallest absolute Gasteiger partial charge is 0.212 e. The summed E-state index contributed by atoms with van der Waals surface area (Å²) in [6.45, 7) is 0. The molecule has 0 amide bonds. The highest BCUT2D eigenvalue weighted by Gasteiger charge is 2.25. The van der Waals surface area contributed by atoms with Gasteiger partial charge in [0, 0.05) is 18.3 Å². The zero-order valence-corrected chi connectivity index (χ0v) is 8.44. The van der Waals surface area contributed by atoms with Crippen LogP contribution in [0.25, 0.3) is 0 Å². The maximum atomic E-state index is 6.11. The first-order valence-electron chi connectivity index (χ1n) is 5.07. The van der Waals surface area contributed by atoms with Crippen molar-refractivity contribution in [1.29, 1.82) is 0 Å². The predicted molar refractivity (Wildman–Crippen MR) is 55.1 cm³/mol. The van der Waals surface area contributed by atoms with Crippen LogP contribution < -0.4 is 10.5 Å². The van der Waals surface area contributed by atoms with Gasteiger partial charge < -0.3 is 10.5 Å². The van der Waals surface area contributed by atoms with E-state index in [1.165, 1.54) is 19.3 Å². The van der Waals surface area contributed by atoms with Gasteiger partial charge in [-0.3, -0.25) is 0 Å². The van der Waals surface area contributed by atoms with Crippen molar-refractivity contribution in [3.05, 3.63) is 23.9 Å². The second-order valence-corrected chi connectivity index (χ2v) is 3.85. The number of nitrogens with two attached hydrogens (primary N) is 1. The molecule has 1 aromatic rings. The lowest BCUT2D eigenvalue weighted by Gasteiger charge is -2.31. The van der Waals surface area contributed by atoms with E-state index >= 15 is 0 Å². The van der Waals surface area contributed by atoms with Crippen LogP contribution in [-0.4, -0.2) is 12.1 Å². The summed E-state index contributed by atoms with van der Waals surface area (Å²) in [6.07, 6.45) is 5.66. The van der Waals surface area contributed by atoms with Gasteiger partial charge in [0.2, 0.25) is 5.88 Å². The fourth-order valence-corrected chi connectivity index (χ4v) is 1.78. The third kappa shape index (κ3) is 1.73. The molecule has 0 aliphatic heterocycles. The van der Waals surface area contributed by atoms with Crippen LogP contribution in [0.15, 0.2) is 18.3 Å². The van der Waals surface area contributed by atoms with Crippen LogP contribution in [0.4, 0.5) is 0 Å². The topological polar surface area (TPSA) is 48.1 Å². The minimum Gasteiger partial charge on any atom is -0.481 e. The van der Waals surface area contributed by atoms with Gasteiger partial charge in [0.05, 0.1) is 7.11 Å². The molecule has 14 heavy (non-hydrogen) atoms. The van der Waals surface area contributed by atoms with E-state index < -0.39 is 0 Å². The molecule has 2 rings (SSSR count). The van der Waals surface area contributed by atoms with Crippen LogP contribution in [0.1, 0.15) is 30.9 Å². The molecular formula is C11H16N2O. The number of rotatable bonds is 3. The van der Waals surface area contributed by atoms with E-state index in [0.29, 0.717) is 11.8 Å². The highest BCUT2D eigenvalue weighted by molar-refractivity contribution is 5.21. The Balaban J connectivity index is 2.07. The minimum absolute atomic E-state index is 0.155. The Morgan fingerprint density at radius 3 is 2.71 bits per heavy atom. The molecule has 3 heteroatoms. The lowest BCUT2D eigenvalue weighted by atomic mass is 9.78. The van der Waals surface area contributed by atoms with Gasteiger partial charge in [0.1, 0.15) is 0 Å². The molecule has 0 bridgehead atoms. The zero-order chi connectivity index (χ0) is 9.97. The minimum atomic E-state index is 0.155. The normalized spacial score (nSPS) is 18.7. The van der Waals surface area contributed by atoms with Gasteiger partial charge in [-0.25, -0.2) is 4.98 Å². The number of ether oxygens (including phenoxy) is 1. The number of nitrogens with zero attached hydrogens (tertiary/aromatic N) is 1. The number of hydrogen-bond donors (Lipinski definition) is 1. The van der Waals surface area contributed by atoms with Gasteiger partial charge in [0.25, 0.3) is 0 Å². The predicted octanol–water partition coefficient (Wildman–Crippen LogP) is 1.89. The van der Waals surface area contributed by atoms with E-state index in [9.17, 15) is 0 Å². The third-order valence-corrected chi connectivity index (χ3v) is 3.01. The van der Waals surface area contributed by atoms with E-state index in [1.54, 1.807) is 7.11 Å². The second-order valence-electron chi connectivity index (χ2n) is 3.85. The van der Waals surface area contributed by atoms with Crippen LogP contribution >= 0.6 is 0 Å². The Hall–Kier alpha value is -1.09. The lowest BCUT2D eigenvalue weighted by Crippen LogP contribution is -2.26. The summed E-state index contributed by atoms with van der Waals surface area (Å²) < 4.78 is 5.00. The zero-order valence-electron chi connectivity index (χ0n) is 8.44. The van der Waals surface area contributed by atoms with E-state index in [2.05, 4.69) is 4.98 Å². The Morgan fingerprint density at radius 2 is 2.29 bits per heavy atom. The fourth-order valence-electron chi connectivity index (χ4n) is 1.78. The van der Waals surface area contributed by atoms with E-state index in [4.69, 9.17) is 10.5 Å². The van der Waals surface area contributed by atoms with E-state index in [-0.39, 0.29) is 6.04 Å². The summed E-state index contributed by atoms with van der Waals surface area (Å²) in [5.74, 6) is 1.31. The van der Waals surface area contributed by atoms with Gasteiger partial charge in [0.15, 0.2) is 0 Å². The SMILES string of the molecule is COc1ccc([C@H](N)C2CCC2)cn1. The molecule has 1 saturated carbocycles. The Labute approximate surface area is 84.3 Å². The van der Waals surface area contributed by atoms with Gasteiger partial charge in [-0.15, -0.1) is 0 Å². The van der Waals surface area contributed by atoms with Crippen molar-refractivity contribution >= 4 is 0 Å². The van der Waals surface area contributed by atoms with Crippen LogP contribution in [0.5, 0.6) is 5.88 Å². The number of hydrogen-bond acceptors (Lipinski definition) is 3. The van der Waals surface area contributed by atoms with Crippen LogP contribution in [0.2, 0.25) is 0 Å². The molecule has 1 aromatic heterocycles. The van der Waals surface area contributed by atoms with Crippen molar-refractivity contribution in [2.75, 3.05) is 7.11 Å². The Morgan fingerprint density at radius 1 is 1.50 bits per heavy atom. The van der Waals surface area contributed by atoms with Gasteiger partial charge in [-0.2, -0.15) is 0 Å². The Bertz CT molecular complexity index is 293. The summed E-state index contributed by atoms with van der Waals surface area (Å²) >= 11 is 0. The van der Waals surface area contributed by atoms with Crippen LogP contribution in [0.3, 0.4) is 0 Å². The molecule has 1 aliphatic carbocycles. The van der Waals surface area contributed by atoms with Gasteiger partial charge in [-0.1, -0.05) is 12.5 Å². The summed E-state index contributed by atoms with van der Waals surface area (Å²) in [7, 11) is 1.62. The monoisotopic (exact) mass is 192 g/mol. The van der Waals surface area contributed by atoms with Crippen molar-refractivity contribution in [3.8, 4) is 5.88 Å². The van der Waals surface area contributed by atoms with Crippen molar-refractivity contribution in [3.63, 3.8) is 0 Å². The summed E-state index contributed by atoms with van der Waals surface area (Å²) in [5, 5.41) is 0. The second kappa shape index (κ2) is 3.96. The quantitative estimate of drug-likeness (QED) is 0.795. The largest absolute Gasteiger partial charge is 0.481 e. The van der Waals surface area contributed by atoms with E-state index in [0.717, 1.165) is 5.56 Å². The lowest BCUT2D eigenvalue weighted by molar-refractivity contribution is 0.264. The number of pyridine rings is 1. The molecule has 3 nitrogen and oxygen atoms in total. The van der Waals surface area contributed by atoms with Crippen molar-refractivity contribution in [1.82, 2.24) is 4.98 Å².